The summed E-state index contributed by atoms with van der Waals surface area (Å²) in [4.78, 5) is 1.24. The summed E-state index contributed by atoms with van der Waals surface area (Å²) >= 11 is 1.81. The Bertz CT molecular complexity index is 1360. The summed E-state index contributed by atoms with van der Waals surface area (Å²) in [5, 5.41) is 1.26. The van der Waals surface area contributed by atoms with Gasteiger partial charge in [-0.1, -0.05) is 125 Å². The summed E-state index contributed by atoms with van der Waals surface area (Å²) in [7, 11) is 0. The normalized spacial score (nSPS) is 16.9. The van der Waals surface area contributed by atoms with Crippen molar-refractivity contribution >= 4 is 33.1 Å². The molecule has 1 aliphatic carbocycles. The van der Waals surface area contributed by atoms with Gasteiger partial charge in [-0.15, -0.1) is 17.1 Å². The Kier molecular flexibility index (Phi) is 9.40. The fraction of sp³-hybridized carbons (Fsp3) is 0.306. The molecular formula is C36H40S. The molecule has 0 saturated heterocycles. The topological polar surface area (TPSA) is 0 Å². The summed E-state index contributed by atoms with van der Waals surface area (Å²) in [5.41, 5.74) is 10.8. The number of hydrogen-bond acceptors (Lipinski definition) is 1. The Hall–Kier alpha value is -3.12. The van der Waals surface area contributed by atoms with Crippen LogP contribution in [0.1, 0.15) is 67.5 Å². The van der Waals surface area contributed by atoms with Gasteiger partial charge in [-0.3, -0.25) is 0 Å². The van der Waals surface area contributed by atoms with E-state index in [0.717, 1.165) is 24.7 Å². The summed E-state index contributed by atoms with van der Waals surface area (Å²) in [6, 6.07) is 25.8. The molecule has 3 aromatic carbocycles. The first-order chi connectivity index (χ1) is 18.0. The largest absolute Gasteiger partial charge is 0.134 e. The average Bonchev–Trinajstić information content (AvgIpc) is 3.31. The van der Waals surface area contributed by atoms with E-state index in [1.165, 1.54) is 74.0 Å². The first-order valence-electron chi connectivity index (χ1n) is 13.7. The summed E-state index contributed by atoms with van der Waals surface area (Å²) in [6.07, 6.45) is 9.74. The molecule has 0 atom stereocenters. The minimum Gasteiger partial charge on any atom is -0.134 e. The molecule has 0 unspecified atom stereocenters. The van der Waals surface area contributed by atoms with Gasteiger partial charge in [-0.25, -0.2) is 0 Å². The highest BCUT2D eigenvalue weighted by atomic mass is 32.1. The molecule has 1 aliphatic rings. The molecule has 190 valence electrons. The molecule has 0 spiro atoms. The van der Waals surface area contributed by atoms with Crippen molar-refractivity contribution in [1.29, 1.82) is 0 Å². The molecule has 37 heavy (non-hydrogen) atoms. The molecule has 1 heteroatoms. The van der Waals surface area contributed by atoms with E-state index in [4.69, 9.17) is 0 Å². The molecular weight excluding hydrogens is 464 g/mol. The van der Waals surface area contributed by atoms with Crippen LogP contribution < -0.4 is 0 Å². The predicted molar refractivity (Wildman–Crippen MR) is 166 cm³/mol. The van der Waals surface area contributed by atoms with Gasteiger partial charge in [-0.05, 0) is 59.9 Å². The zero-order valence-corrected chi connectivity index (χ0v) is 23.5. The quantitative estimate of drug-likeness (QED) is 0.229. The van der Waals surface area contributed by atoms with Crippen molar-refractivity contribution < 1.29 is 0 Å². The van der Waals surface area contributed by atoms with Gasteiger partial charge < -0.3 is 0 Å². The van der Waals surface area contributed by atoms with Crippen LogP contribution in [0.5, 0.6) is 0 Å². The lowest BCUT2D eigenvalue weighted by atomic mass is 9.84. The molecule has 0 radical (unpaired) electrons. The summed E-state index contributed by atoms with van der Waals surface area (Å²) in [5.74, 6) is 2.04. The Balaban J connectivity index is 0.000000342. The van der Waals surface area contributed by atoms with Crippen LogP contribution in [0.2, 0.25) is 0 Å². The lowest BCUT2D eigenvalue weighted by molar-refractivity contribution is 0.308. The van der Waals surface area contributed by atoms with Gasteiger partial charge in [0, 0.05) is 26.1 Å². The van der Waals surface area contributed by atoms with E-state index < -0.39 is 0 Å². The van der Waals surface area contributed by atoms with E-state index in [1.54, 1.807) is 0 Å². The van der Waals surface area contributed by atoms with Crippen LogP contribution in [0.4, 0.5) is 0 Å². The molecule has 1 heterocycles. The van der Waals surface area contributed by atoms with Crippen molar-refractivity contribution in [3.63, 3.8) is 0 Å². The van der Waals surface area contributed by atoms with Gasteiger partial charge in [0.1, 0.15) is 0 Å². The molecule has 1 aromatic heterocycles. The van der Waals surface area contributed by atoms with Crippen LogP contribution in [0, 0.1) is 18.8 Å². The smallest absolute Gasteiger partial charge is 0.0464 e. The van der Waals surface area contributed by atoms with E-state index >= 15 is 0 Å². The summed E-state index contributed by atoms with van der Waals surface area (Å²) in [6.45, 7) is 15.0. The van der Waals surface area contributed by atoms with Gasteiger partial charge in [0.05, 0.1) is 0 Å². The van der Waals surface area contributed by atoms with Crippen molar-refractivity contribution in [2.75, 3.05) is 0 Å². The highest BCUT2D eigenvalue weighted by molar-refractivity contribution is 7.20. The monoisotopic (exact) mass is 504 g/mol. The van der Waals surface area contributed by atoms with Crippen LogP contribution in [-0.4, -0.2) is 0 Å². The van der Waals surface area contributed by atoms with E-state index in [-0.39, 0.29) is 0 Å². The first-order valence-corrected chi connectivity index (χ1v) is 14.5. The standard InChI is InChI=1S/C28H24S.C8H16/c1-4-21(28-25(5-2)26-13-9-10-14-27(26)29-28)17-18-23-19-24(16-15-20(23)3)22-11-7-6-8-12-22;1-7-3-5-8(2)6-4-7/h5-16,19H,1-2,17-18H2,3H3;7-8H,3-6H2,1-2H3. The Morgan fingerprint density at radius 2 is 1.54 bits per heavy atom. The van der Waals surface area contributed by atoms with E-state index in [2.05, 4.69) is 112 Å². The van der Waals surface area contributed by atoms with Crippen LogP contribution in [0.15, 0.2) is 91.7 Å². The second kappa shape index (κ2) is 12.9. The molecule has 0 nitrogen and oxygen atoms in total. The van der Waals surface area contributed by atoms with Gasteiger partial charge in [0.25, 0.3) is 0 Å². The Morgan fingerprint density at radius 3 is 2.19 bits per heavy atom. The third-order valence-electron chi connectivity index (χ3n) is 7.73. The number of rotatable bonds is 6. The SMILES string of the molecule is C=C=C(CCc1cc(-c2ccccc2)ccc1C)c1sc2ccccc2c1C=C.CC1CCC(C)CC1. The summed E-state index contributed by atoms with van der Waals surface area (Å²) < 4.78 is 1.28. The minimum atomic E-state index is 0.913. The second-order valence-corrected chi connectivity index (χ2v) is 11.6. The van der Waals surface area contributed by atoms with E-state index in [0.29, 0.717) is 0 Å². The Morgan fingerprint density at radius 1 is 0.892 bits per heavy atom. The highest BCUT2D eigenvalue weighted by Crippen LogP contribution is 2.38. The second-order valence-electron chi connectivity index (χ2n) is 10.6. The molecule has 1 saturated carbocycles. The number of aryl methyl sites for hydroxylation is 2. The van der Waals surface area contributed by atoms with Crippen LogP contribution in [0.25, 0.3) is 32.9 Å². The van der Waals surface area contributed by atoms with Gasteiger partial charge >= 0.3 is 0 Å². The number of thiophene rings is 1. The van der Waals surface area contributed by atoms with Crippen LogP contribution in [0.3, 0.4) is 0 Å². The maximum atomic E-state index is 4.05. The number of hydrogen-bond donors (Lipinski definition) is 0. The maximum absolute atomic E-state index is 4.05. The molecule has 0 N–H and O–H groups in total. The van der Waals surface area contributed by atoms with Crippen LogP contribution >= 0.6 is 11.3 Å². The first kappa shape index (κ1) is 26.9. The van der Waals surface area contributed by atoms with Crippen molar-refractivity contribution in [3.8, 4) is 11.1 Å². The zero-order valence-electron chi connectivity index (χ0n) is 22.7. The predicted octanol–water partition coefficient (Wildman–Crippen LogP) is 11.2. The Labute approximate surface area is 228 Å². The van der Waals surface area contributed by atoms with E-state index in [1.807, 2.05) is 17.4 Å². The molecule has 0 amide bonds. The molecule has 5 rings (SSSR count). The number of fused-ring (bicyclic) bond motifs is 1. The number of benzene rings is 3. The third kappa shape index (κ3) is 6.80. The highest BCUT2D eigenvalue weighted by Gasteiger charge is 2.14. The van der Waals surface area contributed by atoms with Crippen molar-refractivity contribution in [2.45, 2.75) is 59.3 Å². The van der Waals surface area contributed by atoms with Crippen molar-refractivity contribution in [3.05, 3.63) is 113 Å². The van der Waals surface area contributed by atoms with Crippen molar-refractivity contribution in [2.24, 2.45) is 11.8 Å². The molecule has 0 bridgehead atoms. The van der Waals surface area contributed by atoms with Crippen molar-refractivity contribution in [1.82, 2.24) is 0 Å². The van der Waals surface area contributed by atoms with E-state index in [9.17, 15) is 0 Å². The van der Waals surface area contributed by atoms with Gasteiger partial charge in [0.2, 0.25) is 0 Å². The fourth-order valence-electron chi connectivity index (χ4n) is 5.21. The van der Waals surface area contributed by atoms with Gasteiger partial charge in [0.15, 0.2) is 0 Å². The van der Waals surface area contributed by atoms with Crippen LogP contribution in [-0.2, 0) is 6.42 Å². The molecule has 0 aliphatic heterocycles. The van der Waals surface area contributed by atoms with Gasteiger partial charge in [-0.2, -0.15) is 0 Å². The lowest BCUT2D eigenvalue weighted by Gasteiger charge is -2.22. The maximum Gasteiger partial charge on any atom is 0.0464 e. The average molecular weight is 505 g/mol. The fourth-order valence-corrected chi connectivity index (χ4v) is 6.47. The number of allylic oxidation sites excluding steroid dienone is 1. The lowest BCUT2D eigenvalue weighted by Crippen LogP contribution is -2.08. The third-order valence-corrected chi connectivity index (χ3v) is 8.98. The molecule has 1 fully saturated rings. The minimum absolute atomic E-state index is 0.913. The zero-order chi connectivity index (χ0) is 26.2. The molecule has 4 aromatic rings.